The molecule has 0 aliphatic carbocycles. The smallest absolute Gasteiger partial charge is 0.121 e. The molecule has 0 aliphatic rings. The third kappa shape index (κ3) is 2.67. The SMILES string of the molecule is CNC(c1ccc(OC)c(C)c1)c1cc2ccccc2s1. The number of aryl methyl sites for hydroxylation is 1. The van der Waals surface area contributed by atoms with E-state index in [0.29, 0.717) is 0 Å². The van der Waals surface area contributed by atoms with Gasteiger partial charge in [0.15, 0.2) is 0 Å². The molecule has 0 saturated carbocycles. The van der Waals surface area contributed by atoms with Gasteiger partial charge >= 0.3 is 0 Å². The fourth-order valence-corrected chi connectivity index (χ4v) is 3.90. The Morgan fingerprint density at radius 3 is 2.57 bits per heavy atom. The summed E-state index contributed by atoms with van der Waals surface area (Å²) in [6, 6.07) is 17.4. The van der Waals surface area contributed by atoms with Crippen molar-refractivity contribution >= 4 is 21.4 Å². The molecule has 0 fully saturated rings. The molecule has 0 aliphatic heterocycles. The summed E-state index contributed by atoms with van der Waals surface area (Å²) >= 11 is 1.85. The minimum Gasteiger partial charge on any atom is -0.496 e. The van der Waals surface area contributed by atoms with Gasteiger partial charge in [0.1, 0.15) is 5.75 Å². The second-order valence-corrected chi connectivity index (χ2v) is 6.25. The molecule has 0 bridgehead atoms. The largest absolute Gasteiger partial charge is 0.496 e. The van der Waals surface area contributed by atoms with E-state index in [-0.39, 0.29) is 6.04 Å². The van der Waals surface area contributed by atoms with Crippen LogP contribution in [-0.2, 0) is 0 Å². The Kier molecular flexibility index (Phi) is 3.95. The van der Waals surface area contributed by atoms with Gasteiger partial charge in [0.2, 0.25) is 0 Å². The first-order chi connectivity index (χ1) is 10.2. The van der Waals surface area contributed by atoms with Crippen molar-refractivity contribution in [1.29, 1.82) is 0 Å². The van der Waals surface area contributed by atoms with Crippen LogP contribution in [0.5, 0.6) is 5.75 Å². The lowest BCUT2D eigenvalue weighted by molar-refractivity contribution is 0.411. The summed E-state index contributed by atoms with van der Waals surface area (Å²) in [6.07, 6.45) is 0. The molecule has 1 N–H and O–H groups in total. The van der Waals surface area contributed by atoms with Crippen LogP contribution < -0.4 is 10.1 Å². The quantitative estimate of drug-likeness (QED) is 0.764. The van der Waals surface area contributed by atoms with Crippen LogP contribution in [0.2, 0.25) is 0 Å². The Hall–Kier alpha value is -1.84. The Morgan fingerprint density at radius 2 is 1.90 bits per heavy atom. The number of hydrogen-bond donors (Lipinski definition) is 1. The third-order valence-electron chi connectivity index (χ3n) is 3.77. The highest BCUT2D eigenvalue weighted by Crippen LogP contribution is 2.34. The van der Waals surface area contributed by atoms with Crippen LogP contribution in [0.4, 0.5) is 0 Å². The van der Waals surface area contributed by atoms with E-state index in [4.69, 9.17) is 4.74 Å². The summed E-state index contributed by atoms with van der Waals surface area (Å²) in [5.74, 6) is 0.935. The summed E-state index contributed by atoms with van der Waals surface area (Å²) in [5.41, 5.74) is 2.43. The maximum Gasteiger partial charge on any atom is 0.121 e. The van der Waals surface area contributed by atoms with Gasteiger partial charge in [-0.05, 0) is 48.7 Å². The molecule has 0 radical (unpaired) electrons. The topological polar surface area (TPSA) is 21.3 Å². The van der Waals surface area contributed by atoms with Crippen LogP contribution in [0.3, 0.4) is 0 Å². The van der Waals surface area contributed by atoms with Crippen LogP contribution in [0.15, 0.2) is 48.5 Å². The number of thiophene rings is 1. The lowest BCUT2D eigenvalue weighted by Crippen LogP contribution is -2.16. The lowest BCUT2D eigenvalue weighted by Gasteiger charge is -2.16. The zero-order chi connectivity index (χ0) is 14.8. The Bertz CT molecular complexity index is 730. The first kappa shape index (κ1) is 14.1. The van der Waals surface area contributed by atoms with E-state index in [0.717, 1.165) is 11.3 Å². The van der Waals surface area contributed by atoms with E-state index < -0.39 is 0 Å². The van der Waals surface area contributed by atoms with Gasteiger partial charge in [0.05, 0.1) is 13.2 Å². The van der Waals surface area contributed by atoms with E-state index >= 15 is 0 Å². The Morgan fingerprint density at radius 1 is 1.10 bits per heavy atom. The normalized spacial score (nSPS) is 12.5. The fraction of sp³-hybridized carbons (Fsp3) is 0.222. The van der Waals surface area contributed by atoms with E-state index in [1.54, 1.807) is 7.11 Å². The average Bonchev–Trinajstić information content (AvgIpc) is 2.91. The summed E-state index contributed by atoms with van der Waals surface area (Å²) < 4.78 is 6.68. The molecule has 1 aromatic heterocycles. The zero-order valence-corrected chi connectivity index (χ0v) is 13.3. The van der Waals surface area contributed by atoms with Gasteiger partial charge < -0.3 is 10.1 Å². The van der Waals surface area contributed by atoms with Gasteiger partial charge in [0.25, 0.3) is 0 Å². The van der Waals surface area contributed by atoms with Gasteiger partial charge in [-0.1, -0.05) is 30.3 Å². The van der Waals surface area contributed by atoms with E-state index in [2.05, 4.69) is 54.7 Å². The first-order valence-electron chi connectivity index (χ1n) is 7.03. The van der Waals surface area contributed by atoms with Gasteiger partial charge in [-0.25, -0.2) is 0 Å². The average molecular weight is 297 g/mol. The maximum atomic E-state index is 5.35. The maximum absolute atomic E-state index is 5.35. The van der Waals surface area contributed by atoms with Gasteiger partial charge in [-0.15, -0.1) is 11.3 Å². The van der Waals surface area contributed by atoms with Crippen LogP contribution in [0.25, 0.3) is 10.1 Å². The van der Waals surface area contributed by atoms with E-state index in [1.807, 2.05) is 24.5 Å². The molecule has 108 valence electrons. The predicted octanol–water partition coefficient (Wildman–Crippen LogP) is 4.53. The van der Waals surface area contributed by atoms with E-state index in [9.17, 15) is 0 Å². The third-order valence-corrected chi connectivity index (χ3v) is 4.95. The molecule has 0 spiro atoms. The van der Waals surface area contributed by atoms with Crippen molar-refractivity contribution in [3.8, 4) is 5.75 Å². The molecule has 1 atom stereocenters. The van der Waals surface area contributed by atoms with Crippen molar-refractivity contribution in [2.75, 3.05) is 14.2 Å². The van der Waals surface area contributed by atoms with Crippen molar-refractivity contribution in [3.05, 3.63) is 64.5 Å². The van der Waals surface area contributed by atoms with Gasteiger partial charge in [0, 0.05) is 9.58 Å². The number of hydrogen-bond acceptors (Lipinski definition) is 3. The Labute approximate surface area is 129 Å². The summed E-state index contributed by atoms with van der Waals surface area (Å²) in [4.78, 5) is 1.34. The predicted molar refractivity (Wildman–Crippen MR) is 90.5 cm³/mol. The first-order valence-corrected chi connectivity index (χ1v) is 7.85. The summed E-state index contributed by atoms with van der Waals surface area (Å²) in [7, 11) is 3.72. The van der Waals surface area contributed by atoms with Gasteiger partial charge in [-0.3, -0.25) is 0 Å². The monoisotopic (exact) mass is 297 g/mol. The second kappa shape index (κ2) is 5.88. The van der Waals surface area contributed by atoms with Crippen LogP contribution in [-0.4, -0.2) is 14.2 Å². The van der Waals surface area contributed by atoms with Crippen molar-refractivity contribution in [2.24, 2.45) is 0 Å². The molecule has 0 saturated heterocycles. The molecule has 1 unspecified atom stereocenters. The number of rotatable bonds is 4. The molecule has 21 heavy (non-hydrogen) atoms. The number of ether oxygens (including phenoxy) is 1. The summed E-state index contributed by atoms with van der Waals surface area (Å²) in [6.45, 7) is 2.08. The molecule has 0 amide bonds. The standard InChI is InChI=1S/C18H19NOS/c1-12-10-14(8-9-15(12)20-3)18(19-2)17-11-13-6-4-5-7-16(13)21-17/h4-11,18-19H,1-3H3. The van der Waals surface area contributed by atoms with Crippen LogP contribution in [0.1, 0.15) is 22.0 Å². The van der Waals surface area contributed by atoms with Crippen LogP contribution in [0, 0.1) is 6.92 Å². The van der Waals surface area contributed by atoms with Crippen molar-refractivity contribution in [3.63, 3.8) is 0 Å². The van der Waals surface area contributed by atoms with Crippen molar-refractivity contribution in [2.45, 2.75) is 13.0 Å². The highest BCUT2D eigenvalue weighted by Gasteiger charge is 2.16. The number of methoxy groups -OCH3 is 1. The second-order valence-electron chi connectivity index (χ2n) is 5.14. The minimum absolute atomic E-state index is 0.215. The highest BCUT2D eigenvalue weighted by molar-refractivity contribution is 7.19. The molecule has 1 heterocycles. The summed E-state index contributed by atoms with van der Waals surface area (Å²) in [5, 5.41) is 4.74. The molecule has 2 nitrogen and oxygen atoms in total. The number of fused-ring (bicyclic) bond motifs is 1. The molecular weight excluding hydrogens is 278 g/mol. The Balaban J connectivity index is 2.03. The lowest BCUT2D eigenvalue weighted by atomic mass is 10.0. The van der Waals surface area contributed by atoms with E-state index in [1.165, 1.54) is 20.5 Å². The minimum atomic E-state index is 0.215. The molecule has 2 aromatic carbocycles. The van der Waals surface area contributed by atoms with Crippen molar-refractivity contribution < 1.29 is 4.74 Å². The van der Waals surface area contributed by atoms with Crippen molar-refractivity contribution in [1.82, 2.24) is 5.32 Å². The van der Waals surface area contributed by atoms with Crippen LogP contribution >= 0.6 is 11.3 Å². The molecular formula is C18H19NOS. The highest BCUT2D eigenvalue weighted by atomic mass is 32.1. The fourth-order valence-electron chi connectivity index (χ4n) is 2.70. The molecule has 3 rings (SSSR count). The number of nitrogens with one attached hydrogen (secondary N) is 1. The van der Waals surface area contributed by atoms with Gasteiger partial charge in [-0.2, -0.15) is 0 Å². The number of benzene rings is 2. The molecule has 3 aromatic rings. The zero-order valence-electron chi connectivity index (χ0n) is 12.5. The molecule has 3 heteroatoms.